The first-order chi connectivity index (χ1) is 16.3. The fraction of sp³-hybridized carbons (Fsp3) is 0.700. The summed E-state index contributed by atoms with van der Waals surface area (Å²) in [6.07, 6.45) is 0.0812. The minimum Gasteiger partial charge on any atom is -0.481 e. The van der Waals surface area contributed by atoms with E-state index in [0.29, 0.717) is 6.42 Å². The Morgan fingerprint density at radius 1 is 0.886 bits per heavy atom. The van der Waals surface area contributed by atoms with E-state index >= 15 is 0 Å². The number of nitrogens with zero attached hydrogens (tertiary/aromatic N) is 1. The predicted octanol–water partition coefficient (Wildman–Crippen LogP) is -2.25. The summed E-state index contributed by atoms with van der Waals surface area (Å²) in [6.45, 7) is 3.84. The molecular formula is C20H37N7O7S. The first-order valence-corrected chi connectivity index (χ1v) is 11.7. The van der Waals surface area contributed by atoms with Gasteiger partial charge in [0.15, 0.2) is 5.96 Å². The molecule has 0 rings (SSSR count). The number of guanidine groups is 1. The van der Waals surface area contributed by atoms with E-state index in [0.717, 1.165) is 0 Å². The number of rotatable bonds is 17. The fourth-order valence-corrected chi connectivity index (χ4v) is 3.15. The second kappa shape index (κ2) is 16.5. The molecule has 0 aliphatic heterocycles. The van der Waals surface area contributed by atoms with Gasteiger partial charge in [-0.3, -0.25) is 24.2 Å². The Bertz CT molecular complexity index is 775. The molecule has 3 amide bonds. The van der Waals surface area contributed by atoms with Crippen LogP contribution < -0.4 is 33.2 Å². The van der Waals surface area contributed by atoms with Crippen LogP contribution in [0.2, 0.25) is 0 Å². The fourth-order valence-electron chi connectivity index (χ4n) is 2.90. The predicted molar refractivity (Wildman–Crippen MR) is 131 cm³/mol. The van der Waals surface area contributed by atoms with Gasteiger partial charge in [-0.15, -0.1) is 0 Å². The Hall–Kier alpha value is -3.07. The molecule has 0 bridgehead atoms. The highest BCUT2D eigenvalue weighted by Gasteiger charge is 2.30. The number of hydrogen-bond acceptors (Lipinski definition) is 8. The molecule has 0 spiro atoms. The van der Waals surface area contributed by atoms with E-state index in [9.17, 15) is 24.0 Å². The highest BCUT2D eigenvalue weighted by molar-refractivity contribution is 7.80. The highest BCUT2D eigenvalue weighted by Crippen LogP contribution is 2.08. The number of carbonyl (C=O) groups excluding carboxylic acids is 3. The van der Waals surface area contributed by atoms with Gasteiger partial charge in [0.1, 0.15) is 18.1 Å². The summed E-state index contributed by atoms with van der Waals surface area (Å²) in [4.78, 5) is 64.1. The number of carboxylic acid groups (broad SMARTS) is 2. The number of nitrogens with one attached hydrogen (secondary N) is 3. The third-order valence-electron chi connectivity index (χ3n) is 4.72. The molecule has 15 heteroatoms. The molecule has 4 unspecified atom stereocenters. The lowest BCUT2D eigenvalue weighted by molar-refractivity contribution is -0.141. The lowest BCUT2D eigenvalue weighted by atomic mass is 10.0. The number of hydrogen-bond donors (Lipinski definition) is 9. The van der Waals surface area contributed by atoms with E-state index in [-0.39, 0.29) is 43.4 Å². The average molecular weight is 520 g/mol. The summed E-state index contributed by atoms with van der Waals surface area (Å²) >= 11 is 3.90. The summed E-state index contributed by atoms with van der Waals surface area (Å²) in [7, 11) is 0. The summed E-state index contributed by atoms with van der Waals surface area (Å²) < 4.78 is 0. The van der Waals surface area contributed by atoms with Gasteiger partial charge in [-0.1, -0.05) is 13.8 Å². The van der Waals surface area contributed by atoms with Gasteiger partial charge in [-0.2, -0.15) is 12.6 Å². The molecule has 0 heterocycles. The van der Waals surface area contributed by atoms with Crippen LogP contribution in [0.4, 0.5) is 0 Å². The van der Waals surface area contributed by atoms with Crippen LogP contribution in [-0.4, -0.2) is 82.3 Å². The van der Waals surface area contributed by atoms with Crippen molar-refractivity contribution in [1.82, 2.24) is 16.0 Å². The number of thiol groups is 1. The number of carboxylic acids is 2. The minimum absolute atomic E-state index is 0.0592. The second-order valence-electron chi connectivity index (χ2n) is 8.32. The summed E-state index contributed by atoms with van der Waals surface area (Å²) in [6, 6.07) is -4.69. The molecule has 11 N–H and O–H groups in total. The third-order valence-corrected chi connectivity index (χ3v) is 5.09. The lowest BCUT2D eigenvalue weighted by Gasteiger charge is -2.25. The molecule has 0 saturated heterocycles. The number of aliphatic imine (C=N–C) groups is 1. The average Bonchev–Trinajstić information content (AvgIpc) is 2.75. The Kier molecular flexibility index (Phi) is 15.1. The highest BCUT2D eigenvalue weighted by atomic mass is 32.1. The van der Waals surface area contributed by atoms with Crippen LogP contribution in [-0.2, 0) is 24.0 Å². The molecule has 200 valence electrons. The first-order valence-electron chi connectivity index (χ1n) is 11.1. The maximum atomic E-state index is 12.9. The standard InChI is InChI=1S/C20H37N7O7S/c1-10(2)8-13(18(32)27-14(9-35)19(33)34)26-17(31)12(5-6-15(28)29)25-16(30)11(21)4-3-7-24-20(22)23/h10-14,35H,3-9,21H2,1-2H3,(H,25,30)(H,26,31)(H,27,32)(H,28,29)(H,33,34)(H4,22,23,24). The molecule has 0 aromatic rings. The van der Waals surface area contributed by atoms with Crippen LogP contribution in [0, 0.1) is 5.92 Å². The van der Waals surface area contributed by atoms with E-state index in [1.807, 2.05) is 0 Å². The Labute approximate surface area is 209 Å². The van der Waals surface area contributed by atoms with Crippen molar-refractivity contribution < 1.29 is 34.2 Å². The molecule has 0 aromatic heterocycles. The maximum Gasteiger partial charge on any atom is 0.327 e. The molecule has 35 heavy (non-hydrogen) atoms. The summed E-state index contributed by atoms with van der Waals surface area (Å²) in [5.74, 6) is -5.03. The Morgan fingerprint density at radius 2 is 1.43 bits per heavy atom. The van der Waals surface area contributed by atoms with Crippen molar-refractivity contribution in [2.45, 2.75) is 70.1 Å². The van der Waals surface area contributed by atoms with E-state index in [1.165, 1.54) is 0 Å². The van der Waals surface area contributed by atoms with E-state index in [1.54, 1.807) is 13.8 Å². The molecule has 0 aliphatic rings. The van der Waals surface area contributed by atoms with Crippen LogP contribution in [0.25, 0.3) is 0 Å². The van der Waals surface area contributed by atoms with E-state index in [4.69, 9.17) is 27.4 Å². The number of carbonyl (C=O) groups is 5. The smallest absolute Gasteiger partial charge is 0.327 e. The number of amides is 3. The zero-order valence-corrected chi connectivity index (χ0v) is 20.8. The van der Waals surface area contributed by atoms with Crippen LogP contribution >= 0.6 is 12.6 Å². The molecule has 4 atom stereocenters. The van der Waals surface area contributed by atoms with E-state index in [2.05, 4.69) is 33.6 Å². The first kappa shape index (κ1) is 31.9. The van der Waals surface area contributed by atoms with Crippen molar-refractivity contribution in [2.24, 2.45) is 28.1 Å². The van der Waals surface area contributed by atoms with E-state index < -0.39 is 60.2 Å². The SMILES string of the molecule is CC(C)CC(NC(=O)C(CCC(=O)O)NC(=O)C(N)CCCN=C(N)N)C(=O)NC(CS)C(=O)O. The van der Waals surface area contributed by atoms with Crippen molar-refractivity contribution in [3.05, 3.63) is 0 Å². The van der Waals surface area contributed by atoms with Gasteiger partial charge in [0.2, 0.25) is 17.7 Å². The van der Waals surface area contributed by atoms with Gasteiger partial charge in [0, 0.05) is 18.7 Å². The Morgan fingerprint density at radius 3 is 1.91 bits per heavy atom. The van der Waals surface area contributed by atoms with Gasteiger partial charge in [0.05, 0.1) is 6.04 Å². The molecular weight excluding hydrogens is 482 g/mol. The zero-order chi connectivity index (χ0) is 27.1. The van der Waals surface area contributed by atoms with Crippen LogP contribution in [0.15, 0.2) is 4.99 Å². The van der Waals surface area contributed by atoms with Crippen molar-refractivity contribution in [3.63, 3.8) is 0 Å². The van der Waals surface area contributed by atoms with Gasteiger partial charge < -0.3 is 43.4 Å². The molecule has 0 fully saturated rings. The molecule has 0 saturated carbocycles. The topological polar surface area (TPSA) is 252 Å². The van der Waals surface area contributed by atoms with Gasteiger partial charge in [0.25, 0.3) is 0 Å². The number of nitrogens with two attached hydrogens (primary N) is 3. The quantitative estimate of drug-likeness (QED) is 0.0431. The number of aliphatic carboxylic acids is 2. The zero-order valence-electron chi connectivity index (χ0n) is 19.9. The van der Waals surface area contributed by atoms with Crippen molar-refractivity contribution in [3.8, 4) is 0 Å². The maximum absolute atomic E-state index is 12.9. The van der Waals surface area contributed by atoms with Crippen molar-refractivity contribution in [1.29, 1.82) is 0 Å². The van der Waals surface area contributed by atoms with Crippen molar-refractivity contribution in [2.75, 3.05) is 12.3 Å². The summed E-state index contributed by atoms with van der Waals surface area (Å²) in [5.41, 5.74) is 16.3. The summed E-state index contributed by atoms with van der Waals surface area (Å²) in [5, 5.41) is 25.4. The lowest BCUT2D eigenvalue weighted by Crippen LogP contribution is -2.57. The monoisotopic (exact) mass is 519 g/mol. The normalized spacial score (nSPS) is 14.2. The molecule has 0 aromatic carbocycles. The van der Waals surface area contributed by atoms with Crippen LogP contribution in [0.5, 0.6) is 0 Å². The largest absolute Gasteiger partial charge is 0.481 e. The van der Waals surface area contributed by atoms with Gasteiger partial charge in [-0.25, -0.2) is 4.79 Å². The molecule has 0 aliphatic carbocycles. The van der Waals surface area contributed by atoms with Gasteiger partial charge >= 0.3 is 11.9 Å². The minimum atomic E-state index is -1.29. The van der Waals surface area contributed by atoms with Crippen LogP contribution in [0.1, 0.15) is 46.0 Å². The van der Waals surface area contributed by atoms with Crippen molar-refractivity contribution >= 4 is 48.2 Å². The Balaban J connectivity index is 5.39. The second-order valence-corrected chi connectivity index (χ2v) is 8.69. The van der Waals surface area contributed by atoms with Crippen LogP contribution in [0.3, 0.4) is 0 Å². The van der Waals surface area contributed by atoms with Gasteiger partial charge in [-0.05, 0) is 31.6 Å². The molecule has 0 radical (unpaired) electrons. The third kappa shape index (κ3) is 14.0. The molecule has 14 nitrogen and oxygen atoms in total.